The van der Waals surface area contributed by atoms with Crippen LogP contribution in [0.15, 0.2) is 65.1 Å². The molecule has 0 saturated carbocycles. The van der Waals surface area contributed by atoms with E-state index in [1.54, 1.807) is 6.07 Å². The molecule has 0 bridgehead atoms. The summed E-state index contributed by atoms with van der Waals surface area (Å²) < 4.78 is 3.32. The number of benzene rings is 3. The Morgan fingerprint density at radius 1 is 0.762 bits per heavy atom. The first-order valence-corrected chi connectivity index (χ1v) is 8.23. The lowest BCUT2D eigenvalue weighted by molar-refractivity contribution is 0.472. The van der Waals surface area contributed by atoms with Crippen LogP contribution in [-0.4, -0.2) is 5.11 Å². The summed E-state index contributed by atoms with van der Waals surface area (Å²) in [4.78, 5) is 0. The van der Waals surface area contributed by atoms with Crippen molar-refractivity contribution < 1.29 is 5.11 Å². The van der Waals surface area contributed by atoms with Crippen LogP contribution in [0.25, 0.3) is 31.3 Å². The maximum absolute atomic E-state index is 9.86. The number of hydrogen-bond donors (Lipinski definition) is 1. The molecular formula is C18H11BrOS. The predicted molar refractivity (Wildman–Crippen MR) is 94.1 cm³/mol. The van der Waals surface area contributed by atoms with Crippen molar-refractivity contribution >= 4 is 47.4 Å². The zero-order chi connectivity index (χ0) is 14.4. The molecule has 0 spiro atoms. The largest absolute Gasteiger partial charge is 0.507 e. The third-order valence-electron chi connectivity index (χ3n) is 3.66. The minimum atomic E-state index is 0.266. The summed E-state index contributed by atoms with van der Waals surface area (Å²) in [5.41, 5.74) is 2.14. The van der Waals surface area contributed by atoms with Crippen LogP contribution in [-0.2, 0) is 0 Å². The normalized spacial score (nSPS) is 11.3. The van der Waals surface area contributed by atoms with E-state index in [1.165, 1.54) is 20.2 Å². The molecule has 0 unspecified atom stereocenters. The van der Waals surface area contributed by atoms with Crippen LogP contribution in [0.1, 0.15) is 0 Å². The number of hydrogen-bond acceptors (Lipinski definition) is 2. The fourth-order valence-electron chi connectivity index (χ4n) is 2.60. The summed E-state index contributed by atoms with van der Waals surface area (Å²) in [5, 5.41) is 12.4. The zero-order valence-corrected chi connectivity index (χ0v) is 13.4. The standard InChI is InChI=1S/C18H11BrOS/c19-15-7-5-12(10-16(15)20)11-6-8-18-14(9-11)13-3-1-2-4-17(13)21-18/h1-10,20H. The van der Waals surface area contributed by atoms with Gasteiger partial charge in [0.1, 0.15) is 5.75 Å². The minimum absolute atomic E-state index is 0.266. The molecule has 0 amide bonds. The third kappa shape index (κ3) is 2.13. The summed E-state index contributed by atoms with van der Waals surface area (Å²) >= 11 is 5.13. The van der Waals surface area contributed by atoms with E-state index in [0.717, 1.165) is 11.1 Å². The van der Waals surface area contributed by atoms with Gasteiger partial charge in [-0.05, 0) is 57.4 Å². The molecule has 0 saturated heterocycles. The molecule has 4 aromatic rings. The number of halogens is 1. The first-order chi connectivity index (χ1) is 10.2. The van der Waals surface area contributed by atoms with Gasteiger partial charge in [-0.1, -0.05) is 30.3 Å². The zero-order valence-electron chi connectivity index (χ0n) is 11.0. The Kier molecular flexibility index (Phi) is 2.98. The van der Waals surface area contributed by atoms with Crippen LogP contribution in [0.4, 0.5) is 0 Å². The first-order valence-electron chi connectivity index (χ1n) is 6.62. The topological polar surface area (TPSA) is 20.2 Å². The molecule has 0 fully saturated rings. The molecule has 1 nitrogen and oxygen atoms in total. The van der Waals surface area contributed by atoms with Gasteiger partial charge in [-0.15, -0.1) is 11.3 Å². The van der Waals surface area contributed by atoms with Gasteiger partial charge < -0.3 is 5.11 Å². The van der Waals surface area contributed by atoms with Gasteiger partial charge in [0.25, 0.3) is 0 Å². The van der Waals surface area contributed by atoms with Crippen LogP contribution < -0.4 is 0 Å². The molecule has 0 aliphatic carbocycles. The van der Waals surface area contributed by atoms with Crippen LogP contribution >= 0.6 is 27.3 Å². The Morgan fingerprint density at radius 2 is 1.48 bits per heavy atom. The predicted octanol–water partition coefficient (Wildman–Crippen LogP) is 6.19. The maximum Gasteiger partial charge on any atom is 0.130 e. The lowest BCUT2D eigenvalue weighted by Crippen LogP contribution is -1.78. The van der Waals surface area contributed by atoms with E-state index < -0.39 is 0 Å². The summed E-state index contributed by atoms with van der Waals surface area (Å²) in [7, 11) is 0. The summed E-state index contributed by atoms with van der Waals surface area (Å²) in [6.45, 7) is 0. The van der Waals surface area contributed by atoms with Gasteiger partial charge in [0.15, 0.2) is 0 Å². The Bertz CT molecular complexity index is 971. The van der Waals surface area contributed by atoms with Gasteiger partial charge >= 0.3 is 0 Å². The van der Waals surface area contributed by atoms with Crippen LogP contribution in [0.5, 0.6) is 5.75 Å². The Hall–Kier alpha value is -1.84. The van der Waals surface area contributed by atoms with Gasteiger partial charge in [-0.25, -0.2) is 0 Å². The van der Waals surface area contributed by atoms with Crippen molar-refractivity contribution in [2.24, 2.45) is 0 Å². The first kappa shape index (κ1) is 12.9. The summed E-state index contributed by atoms with van der Waals surface area (Å²) in [5.74, 6) is 0.266. The molecule has 21 heavy (non-hydrogen) atoms. The Labute approximate surface area is 134 Å². The van der Waals surface area contributed by atoms with Gasteiger partial charge in [0, 0.05) is 20.2 Å². The van der Waals surface area contributed by atoms with Crippen LogP contribution in [0.3, 0.4) is 0 Å². The number of rotatable bonds is 1. The molecule has 0 aliphatic heterocycles. The Morgan fingerprint density at radius 3 is 2.33 bits per heavy atom. The summed E-state index contributed by atoms with van der Waals surface area (Å²) in [6, 6.07) is 20.6. The molecule has 0 atom stereocenters. The van der Waals surface area contributed by atoms with Crippen molar-refractivity contribution in [3.63, 3.8) is 0 Å². The number of phenols is 1. The Balaban J connectivity index is 1.97. The lowest BCUT2D eigenvalue weighted by atomic mass is 10.0. The molecule has 0 aliphatic rings. The molecule has 3 heteroatoms. The lowest BCUT2D eigenvalue weighted by Gasteiger charge is -2.04. The van der Waals surface area contributed by atoms with Crippen LogP contribution in [0, 0.1) is 0 Å². The SMILES string of the molecule is Oc1cc(-c2ccc3sc4ccccc4c3c2)ccc1Br. The third-order valence-corrected chi connectivity index (χ3v) is 5.48. The molecule has 102 valence electrons. The van der Waals surface area contributed by atoms with Crippen molar-refractivity contribution in [3.05, 3.63) is 65.1 Å². The minimum Gasteiger partial charge on any atom is -0.507 e. The van der Waals surface area contributed by atoms with Crippen molar-refractivity contribution in [2.45, 2.75) is 0 Å². The van der Waals surface area contributed by atoms with Gasteiger partial charge in [-0.2, -0.15) is 0 Å². The molecule has 0 radical (unpaired) electrons. The van der Waals surface area contributed by atoms with Crippen molar-refractivity contribution in [1.82, 2.24) is 0 Å². The molecular weight excluding hydrogens is 344 g/mol. The van der Waals surface area contributed by atoms with E-state index in [4.69, 9.17) is 0 Å². The second kappa shape index (κ2) is 4.86. The number of fused-ring (bicyclic) bond motifs is 3. The van der Waals surface area contributed by atoms with Crippen molar-refractivity contribution in [1.29, 1.82) is 0 Å². The fourth-order valence-corrected chi connectivity index (χ4v) is 3.93. The number of phenolic OH excluding ortho intramolecular Hbond substituents is 1. The highest BCUT2D eigenvalue weighted by atomic mass is 79.9. The van der Waals surface area contributed by atoms with Crippen molar-refractivity contribution in [2.75, 3.05) is 0 Å². The van der Waals surface area contributed by atoms with E-state index in [-0.39, 0.29) is 5.75 Å². The van der Waals surface area contributed by atoms with E-state index in [0.29, 0.717) is 4.47 Å². The highest BCUT2D eigenvalue weighted by molar-refractivity contribution is 9.10. The molecule has 4 rings (SSSR count). The average molecular weight is 355 g/mol. The number of aromatic hydroxyl groups is 1. The van der Waals surface area contributed by atoms with Gasteiger partial charge in [0.05, 0.1) is 4.47 Å². The molecule has 1 N–H and O–H groups in total. The van der Waals surface area contributed by atoms with E-state index >= 15 is 0 Å². The number of thiophene rings is 1. The van der Waals surface area contributed by atoms with E-state index in [2.05, 4.69) is 58.4 Å². The second-order valence-electron chi connectivity index (χ2n) is 4.98. The second-order valence-corrected chi connectivity index (χ2v) is 6.91. The van der Waals surface area contributed by atoms with Crippen LogP contribution in [0.2, 0.25) is 0 Å². The summed E-state index contributed by atoms with van der Waals surface area (Å²) in [6.07, 6.45) is 0. The van der Waals surface area contributed by atoms with Crippen molar-refractivity contribution in [3.8, 4) is 16.9 Å². The van der Waals surface area contributed by atoms with E-state index in [1.807, 2.05) is 23.5 Å². The smallest absolute Gasteiger partial charge is 0.130 e. The molecule has 1 heterocycles. The monoisotopic (exact) mass is 354 g/mol. The highest BCUT2D eigenvalue weighted by Gasteiger charge is 2.07. The quantitative estimate of drug-likeness (QED) is 0.432. The molecule has 3 aromatic carbocycles. The van der Waals surface area contributed by atoms with E-state index in [9.17, 15) is 5.11 Å². The fraction of sp³-hybridized carbons (Fsp3) is 0. The maximum atomic E-state index is 9.86. The van der Waals surface area contributed by atoms with Gasteiger partial charge in [-0.3, -0.25) is 0 Å². The average Bonchev–Trinajstić information content (AvgIpc) is 2.88. The van der Waals surface area contributed by atoms with Gasteiger partial charge in [0.2, 0.25) is 0 Å². The molecule has 1 aromatic heterocycles. The highest BCUT2D eigenvalue weighted by Crippen LogP contribution is 2.37.